The highest BCUT2D eigenvalue weighted by Gasteiger charge is 2.05. The van der Waals surface area contributed by atoms with Gasteiger partial charge in [0.05, 0.1) is 0 Å². The Labute approximate surface area is 112 Å². The lowest BCUT2D eigenvalue weighted by molar-refractivity contribution is 0.455. The van der Waals surface area contributed by atoms with Gasteiger partial charge in [-0.3, -0.25) is 0 Å². The van der Waals surface area contributed by atoms with Gasteiger partial charge >= 0.3 is 0 Å². The molecule has 1 aromatic carbocycles. The molecule has 0 saturated heterocycles. The first-order valence-electron chi connectivity index (χ1n) is 6.14. The fourth-order valence-electron chi connectivity index (χ4n) is 1.82. The van der Waals surface area contributed by atoms with Crippen molar-refractivity contribution in [3.63, 3.8) is 0 Å². The molecule has 0 aliphatic carbocycles. The quantitative estimate of drug-likeness (QED) is 0.915. The van der Waals surface area contributed by atoms with Crippen LogP contribution in [0.5, 0.6) is 11.6 Å². The van der Waals surface area contributed by atoms with Crippen molar-refractivity contribution in [1.29, 1.82) is 0 Å². The summed E-state index contributed by atoms with van der Waals surface area (Å²) in [6.07, 6.45) is 0. The van der Waals surface area contributed by atoms with Gasteiger partial charge in [0, 0.05) is 24.4 Å². The molecule has 3 nitrogen and oxygen atoms in total. The first kappa shape index (κ1) is 13.5. The number of nitrogens with one attached hydrogen (secondary N) is 1. The Balaban J connectivity index is 2.24. The molecule has 0 saturated carbocycles. The zero-order valence-corrected chi connectivity index (χ0v) is 11.3. The molecule has 0 radical (unpaired) electrons. The molecule has 0 aliphatic rings. The molecule has 0 unspecified atom stereocenters. The Bertz CT molecular complexity index is 584. The summed E-state index contributed by atoms with van der Waals surface area (Å²) in [6, 6.07) is 8.63. The second-order valence-corrected chi connectivity index (χ2v) is 4.50. The lowest BCUT2D eigenvalue weighted by Crippen LogP contribution is -2.06. The molecule has 1 heterocycles. The van der Waals surface area contributed by atoms with Gasteiger partial charge < -0.3 is 10.1 Å². The van der Waals surface area contributed by atoms with E-state index >= 15 is 0 Å². The number of rotatable bonds is 4. The predicted octanol–water partition coefficient (Wildman–Crippen LogP) is 3.35. The van der Waals surface area contributed by atoms with Crippen molar-refractivity contribution in [2.45, 2.75) is 20.4 Å². The lowest BCUT2D eigenvalue weighted by atomic mass is 10.2. The van der Waals surface area contributed by atoms with Crippen molar-refractivity contribution < 1.29 is 9.13 Å². The van der Waals surface area contributed by atoms with Gasteiger partial charge in [-0.2, -0.15) is 0 Å². The smallest absolute Gasteiger partial charge is 0.219 e. The van der Waals surface area contributed by atoms with E-state index in [0.717, 1.165) is 17.8 Å². The third-order valence-electron chi connectivity index (χ3n) is 2.74. The summed E-state index contributed by atoms with van der Waals surface area (Å²) in [7, 11) is 1.88. The summed E-state index contributed by atoms with van der Waals surface area (Å²) in [6.45, 7) is 4.36. The van der Waals surface area contributed by atoms with E-state index in [1.807, 2.05) is 26.1 Å². The van der Waals surface area contributed by atoms with Crippen LogP contribution in [0.4, 0.5) is 4.39 Å². The summed E-state index contributed by atoms with van der Waals surface area (Å²) >= 11 is 0. The lowest BCUT2D eigenvalue weighted by Gasteiger charge is -2.09. The Morgan fingerprint density at radius 3 is 2.68 bits per heavy atom. The van der Waals surface area contributed by atoms with Crippen molar-refractivity contribution in [2.75, 3.05) is 7.05 Å². The van der Waals surface area contributed by atoms with Gasteiger partial charge in [-0.05, 0) is 44.2 Å². The van der Waals surface area contributed by atoms with Gasteiger partial charge in [-0.1, -0.05) is 6.07 Å². The normalized spacial score (nSPS) is 10.5. The maximum absolute atomic E-state index is 13.5. The molecule has 0 aliphatic heterocycles. The molecule has 100 valence electrons. The van der Waals surface area contributed by atoms with Crippen LogP contribution in [-0.4, -0.2) is 12.0 Å². The van der Waals surface area contributed by atoms with Crippen molar-refractivity contribution in [3.05, 3.63) is 53.0 Å². The van der Waals surface area contributed by atoms with Crippen LogP contribution in [0.15, 0.2) is 30.3 Å². The van der Waals surface area contributed by atoms with Gasteiger partial charge in [-0.15, -0.1) is 0 Å². The average Bonchev–Trinajstić information content (AvgIpc) is 2.33. The van der Waals surface area contributed by atoms with Crippen LogP contribution in [0.2, 0.25) is 0 Å². The molecule has 4 heteroatoms. The topological polar surface area (TPSA) is 34.2 Å². The van der Waals surface area contributed by atoms with Crippen LogP contribution in [-0.2, 0) is 6.54 Å². The zero-order chi connectivity index (χ0) is 13.8. The number of ether oxygens (including phenoxy) is 1. The minimum absolute atomic E-state index is 0.277. The molecule has 0 atom stereocenters. The minimum atomic E-state index is -0.277. The number of aryl methyl sites for hydroxylation is 2. The number of aromatic nitrogens is 1. The van der Waals surface area contributed by atoms with E-state index in [0.29, 0.717) is 17.2 Å². The molecular formula is C15H17FN2O. The summed E-state index contributed by atoms with van der Waals surface area (Å²) in [5, 5.41) is 3.08. The van der Waals surface area contributed by atoms with Crippen LogP contribution in [0.1, 0.15) is 16.8 Å². The van der Waals surface area contributed by atoms with Gasteiger partial charge in [0.1, 0.15) is 11.6 Å². The summed E-state index contributed by atoms with van der Waals surface area (Å²) < 4.78 is 19.1. The fraction of sp³-hybridized carbons (Fsp3) is 0.267. The molecule has 19 heavy (non-hydrogen) atoms. The van der Waals surface area contributed by atoms with E-state index in [9.17, 15) is 4.39 Å². The summed E-state index contributed by atoms with van der Waals surface area (Å²) in [4.78, 5) is 4.29. The molecule has 0 bridgehead atoms. The largest absolute Gasteiger partial charge is 0.439 e. The molecule has 2 rings (SSSR count). The maximum Gasteiger partial charge on any atom is 0.219 e. The third-order valence-corrected chi connectivity index (χ3v) is 2.74. The third kappa shape index (κ3) is 3.51. The predicted molar refractivity (Wildman–Crippen MR) is 72.9 cm³/mol. The van der Waals surface area contributed by atoms with Crippen molar-refractivity contribution in [1.82, 2.24) is 10.3 Å². The van der Waals surface area contributed by atoms with E-state index in [-0.39, 0.29) is 5.82 Å². The average molecular weight is 260 g/mol. The highest BCUT2D eigenvalue weighted by Crippen LogP contribution is 2.23. The standard InChI is InChI=1S/C15H17FN2O/c1-10-4-5-13(8-14(10)16)19-15-7-12(9-17-3)6-11(2)18-15/h4-8,17H,9H2,1-3H3. The first-order chi connectivity index (χ1) is 9.08. The molecular weight excluding hydrogens is 243 g/mol. The van der Waals surface area contributed by atoms with E-state index < -0.39 is 0 Å². The number of hydrogen-bond donors (Lipinski definition) is 1. The monoisotopic (exact) mass is 260 g/mol. The summed E-state index contributed by atoms with van der Waals surface area (Å²) in [5.41, 5.74) is 2.55. The van der Waals surface area contributed by atoms with E-state index in [4.69, 9.17) is 4.74 Å². The minimum Gasteiger partial charge on any atom is -0.439 e. The zero-order valence-electron chi connectivity index (χ0n) is 11.3. The number of hydrogen-bond acceptors (Lipinski definition) is 3. The fourth-order valence-corrected chi connectivity index (χ4v) is 1.82. The van der Waals surface area contributed by atoms with Gasteiger partial charge in [0.25, 0.3) is 0 Å². The number of benzene rings is 1. The van der Waals surface area contributed by atoms with Crippen molar-refractivity contribution in [3.8, 4) is 11.6 Å². The molecule has 1 N–H and O–H groups in total. The SMILES string of the molecule is CNCc1cc(C)nc(Oc2ccc(C)c(F)c2)c1. The van der Waals surface area contributed by atoms with Gasteiger partial charge in [0.15, 0.2) is 0 Å². The molecule has 2 aromatic rings. The number of pyridine rings is 1. The van der Waals surface area contributed by atoms with E-state index in [2.05, 4.69) is 10.3 Å². The number of halogens is 1. The molecule has 0 fully saturated rings. The Morgan fingerprint density at radius 1 is 1.21 bits per heavy atom. The highest BCUT2D eigenvalue weighted by atomic mass is 19.1. The van der Waals surface area contributed by atoms with Crippen LogP contribution >= 0.6 is 0 Å². The summed E-state index contributed by atoms with van der Waals surface area (Å²) in [5.74, 6) is 0.658. The number of nitrogens with zero attached hydrogens (tertiary/aromatic N) is 1. The molecule has 1 aromatic heterocycles. The van der Waals surface area contributed by atoms with Crippen LogP contribution < -0.4 is 10.1 Å². The van der Waals surface area contributed by atoms with Crippen molar-refractivity contribution >= 4 is 0 Å². The maximum atomic E-state index is 13.5. The second-order valence-electron chi connectivity index (χ2n) is 4.50. The van der Waals surface area contributed by atoms with Crippen LogP contribution in [0, 0.1) is 19.7 Å². The van der Waals surface area contributed by atoms with Crippen LogP contribution in [0.3, 0.4) is 0 Å². The Hall–Kier alpha value is -1.94. The Morgan fingerprint density at radius 2 is 2.00 bits per heavy atom. The van der Waals surface area contributed by atoms with E-state index in [1.165, 1.54) is 6.07 Å². The molecule has 0 spiro atoms. The van der Waals surface area contributed by atoms with Crippen LogP contribution in [0.25, 0.3) is 0 Å². The van der Waals surface area contributed by atoms with E-state index in [1.54, 1.807) is 19.1 Å². The van der Waals surface area contributed by atoms with Gasteiger partial charge in [-0.25, -0.2) is 9.37 Å². The van der Waals surface area contributed by atoms with Gasteiger partial charge in [0.2, 0.25) is 5.88 Å². The highest BCUT2D eigenvalue weighted by molar-refractivity contribution is 5.33. The van der Waals surface area contributed by atoms with Crippen molar-refractivity contribution in [2.24, 2.45) is 0 Å². The molecule has 0 amide bonds. The first-order valence-corrected chi connectivity index (χ1v) is 6.14. The second kappa shape index (κ2) is 5.80. The Kier molecular flexibility index (Phi) is 4.12.